The number of methoxy groups -OCH3 is 2. The number of hydrogen-bond acceptors (Lipinski definition) is 6. The Labute approximate surface area is 203 Å². The summed E-state index contributed by atoms with van der Waals surface area (Å²) < 4.78 is 10.6. The number of amides is 2. The number of likely N-dealkylation sites (tertiary alicyclic amines) is 1. The number of piperidine rings is 1. The van der Waals surface area contributed by atoms with Gasteiger partial charge < -0.3 is 19.7 Å². The molecule has 0 saturated carbocycles. The second-order valence-electron chi connectivity index (χ2n) is 8.61. The number of ether oxygens (including phenoxy) is 2. The number of nitrogens with one attached hydrogen (secondary N) is 2. The summed E-state index contributed by atoms with van der Waals surface area (Å²) in [5, 5.41) is 10.8. The van der Waals surface area contributed by atoms with Crippen molar-refractivity contribution in [2.75, 3.05) is 33.9 Å². The highest BCUT2D eigenvalue weighted by Crippen LogP contribution is 2.27. The maximum Gasteiger partial charge on any atom is 0.272 e. The van der Waals surface area contributed by atoms with Gasteiger partial charge in [-0.3, -0.25) is 14.4 Å². The molecule has 2 heterocycles. The number of aromatic nitrogens is 2. The first kappa shape index (κ1) is 24.3. The fourth-order valence-electron chi connectivity index (χ4n) is 4.46. The number of fused-ring (bicyclic) bond motifs is 1. The Morgan fingerprint density at radius 3 is 2.49 bits per heavy atom. The molecule has 1 aromatic heterocycles. The van der Waals surface area contributed by atoms with Gasteiger partial charge in [0.25, 0.3) is 5.56 Å². The fraction of sp³-hybridized carbons (Fsp3) is 0.385. The van der Waals surface area contributed by atoms with Crippen molar-refractivity contribution in [1.29, 1.82) is 0 Å². The molecular weight excluding hydrogens is 448 g/mol. The molecule has 0 spiro atoms. The molecule has 0 atom stereocenters. The predicted octanol–water partition coefficient (Wildman–Crippen LogP) is 2.08. The predicted molar refractivity (Wildman–Crippen MR) is 132 cm³/mol. The van der Waals surface area contributed by atoms with Crippen molar-refractivity contribution in [3.05, 3.63) is 64.1 Å². The van der Waals surface area contributed by atoms with Crippen LogP contribution in [0.1, 0.15) is 24.1 Å². The highest BCUT2D eigenvalue weighted by atomic mass is 16.5. The van der Waals surface area contributed by atoms with E-state index in [-0.39, 0.29) is 29.7 Å². The molecule has 1 aliphatic rings. The summed E-state index contributed by atoms with van der Waals surface area (Å²) in [6.07, 6.45) is 2.03. The van der Waals surface area contributed by atoms with Crippen molar-refractivity contribution in [2.24, 2.45) is 5.92 Å². The van der Waals surface area contributed by atoms with E-state index < -0.39 is 0 Å². The van der Waals surface area contributed by atoms with Gasteiger partial charge in [-0.1, -0.05) is 24.3 Å². The SMILES string of the molecule is COc1ccc(CCNC(=O)C2CCN(C(=O)Cc3n[nH]c(=O)c4ccccc34)CC2)cc1OC. The van der Waals surface area contributed by atoms with E-state index in [1.807, 2.05) is 24.3 Å². The Bertz CT molecular complexity index is 1260. The highest BCUT2D eigenvalue weighted by Gasteiger charge is 2.27. The van der Waals surface area contributed by atoms with Crippen LogP contribution in [0.15, 0.2) is 47.3 Å². The number of benzene rings is 2. The van der Waals surface area contributed by atoms with Crippen LogP contribution < -0.4 is 20.3 Å². The number of carbonyl (C=O) groups is 2. The molecule has 1 saturated heterocycles. The quantitative estimate of drug-likeness (QED) is 0.513. The lowest BCUT2D eigenvalue weighted by Gasteiger charge is -2.31. The van der Waals surface area contributed by atoms with Crippen molar-refractivity contribution in [2.45, 2.75) is 25.7 Å². The molecular formula is C26H30N4O5. The van der Waals surface area contributed by atoms with Gasteiger partial charge in [0.05, 0.1) is 31.7 Å². The number of hydrogen-bond donors (Lipinski definition) is 2. The van der Waals surface area contributed by atoms with Crippen molar-refractivity contribution in [3.8, 4) is 11.5 Å². The van der Waals surface area contributed by atoms with Crippen LogP contribution >= 0.6 is 0 Å². The van der Waals surface area contributed by atoms with Gasteiger partial charge >= 0.3 is 0 Å². The number of rotatable bonds is 8. The lowest BCUT2D eigenvalue weighted by atomic mass is 9.95. The molecule has 3 aromatic rings. The van der Waals surface area contributed by atoms with Crippen molar-refractivity contribution in [1.82, 2.24) is 20.4 Å². The van der Waals surface area contributed by atoms with Gasteiger partial charge in [-0.25, -0.2) is 5.10 Å². The topological polar surface area (TPSA) is 114 Å². The van der Waals surface area contributed by atoms with Crippen LogP contribution in [0.2, 0.25) is 0 Å². The zero-order valence-corrected chi connectivity index (χ0v) is 20.0. The Kier molecular flexibility index (Phi) is 7.64. The molecule has 0 unspecified atom stereocenters. The van der Waals surface area contributed by atoms with E-state index in [0.717, 1.165) is 5.56 Å². The molecule has 4 rings (SSSR count). The van der Waals surface area contributed by atoms with Gasteiger partial charge in [-0.05, 0) is 43.0 Å². The average Bonchev–Trinajstić information content (AvgIpc) is 2.90. The van der Waals surface area contributed by atoms with E-state index in [4.69, 9.17) is 9.47 Å². The Balaban J connectivity index is 1.26. The molecule has 9 heteroatoms. The lowest BCUT2D eigenvalue weighted by molar-refractivity contribution is -0.135. The van der Waals surface area contributed by atoms with E-state index in [9.17, 15) is 14.4 Å². The van der Waals surface area contributed by atoms with Crippen molar-refractivity contribution in [3.63, 3.8) is 0 Å². The van der Waals surface area contributed by atoms with Gasteiger partial charge in [0.15, 0.2) is 11.5 Å². The number of H-pyrrole nitrogens is 1. The van der Waals surface area contributed by atoms with Gasteiger partial charge in [0, 0.05) is 30.9 Å². The molecule has 0 bridgehead atoms. The molecule has 2 N–H and O–H groups in total. The maximum absolute atomic E-state index is 12.9. The van der Waals surface area contributed by atoms with Crippen LogP contribution in [0.25, 0.3) is 10.8 Å². The molecule has 0 aliphatic carbocycles. The third-order valence-electron chi connectivity index (χ3n) is 6.47. The summed E-state index contributed by atoms with van der Waals surface area (Å²) >= 11 is 0. The average molecular weight is 479 g/mol. The van der Waals surface area contributed by atoms with Gasteiger partial charge in [-0.2, -0.15) is 5.10 Å². The molecule has 2 aromatic carbocycles. The minimum absolute atomic E-state index is 0.0193. The van der Waals surface area contributed by atoms with E-state index in [0.29, 0.717) is 66.9 Å². The van der Waals surface area contributed by atoms with Crippen LogP contribution in [0.3, 0.4) is 0 Å². The molecule has 9 nitrogen and oxygen atoms in total. The summed E-state index contributed by atoms with van der Waals surface area (Å²) in [6, 6.07) is 12.9. The molecule has 0 radical (unpaired) electrons. The van der Waals surface area contributed by atoms with Gasteiger partial charge in [-0.15, -0.1) is 0 Å². The number of nitrogens with zero attached hydrogens (tertiary/aromatic N) is 2. The minimum Gasteiger partial charge on any atom is -0.493 e. The summed E-state index contributed by atoms with van der Waals surface area (Å²) in [5.41, 5.74) is 1.33. The van der Waals surface area contributed by atoms with Crippen LogP contribution in [0, 0.1) is 5.92 Å². The third kappa shape index (κ3) is 5.62. The Hall–Kier alpha value is -3.88. The smallest absolute Gasteiger partial charge is 0.272 e. The lowest BCUT2D eigenvalue weighted by Crippen LogP contribution is -2.44. The first-order chi connectivity index (χ1) is 17.0. The largest absolute Gasteiger partial charge is 0.493 e. The van der Waals surface area contributed by atoms with Crippen molar-refractivity contribution < 1.29 is 19.1 Å². The van der Waals surface area contributed by atoms with Crippen molar-refractivity contribution >= 4 is 22.6 Å². The molecule has 184 valence electrons. The first-order valence-electron chi connectivity index (χ1n) is 11.7. The molecule has 1 aliphatic heterocycles. The van der Waals surface area contributed by atoms with E-state index in [1.54, 1.807) is 37.3 Å². The van der Waals surface area contributed by atoms with E-state index in [1.165, 1.54) is 0 Å². The second kappa shape index (κ2) is 11.0. The van der Waals surface area contributed by atoms with Gasteiger partial charge in [0.2, 0.25) is 11.8 Å². The third-order valence-corrected chi connectivity index (χ3v) is 6.47. The first-order valence-corrected chi connectivity index (χ1v) is 11.7. The molecule has 2 amide bonds. The number of carbonyl (C=O) groups excluding carboxylic acids is 2. The summed E-state index contributed by atoms with van der Waals surface area (Å²) in [7, 11) is 3.19. The molecule has 1 fully saturated rings. The van der Waals surface area contributed by atoms with E-state index in [2.05, 4.69) is 15.5 Å². The summed E-state index contributed by atoms with van der Waals surface area (Å²) in [4.78, 5) is 39.3. The summed E-state index contributed by atoms with van der Waals surface area (Å²) in [5.74, 6) is 1.19. The Morgan fingerprint density at radius 1 is 1.06 bits per heavy atom. The number of aromatic amines is 1. The van der Waals surface area contributed by atoms with Crippen LogP contribution in [0.5, 0.6) is 11.5 Å². The normalized spacial score (nSPS) is 14.1. The zero-order valence-electron chi connectivity index (χ0n) is 20.0. The Morgan fingerprint density at radius 2 is 1.77 bits per heavy atom. The summed E-state index contributed by atoms with van der Waals surface area (Å²) in [6.45, 7) is 1.57. The fourth-order valence-corrected chi connectivity index (χ4v) is 4.46. The second-order valence-corrected chi connectivity index (χ2v) is 8.61. The highest BCUT2D eigenvalue weighted by molar-refractivity contribution is 5.88. The minimum atomic E-state index is -0.269. The van der Waals surface area contributed by atoms with Gasteiger partial charge in [0.1, 0.15) is 0 Å². The standard InChI is InChI=1S/C26H30N4O5/c1-34-22-8-7-17(15-23(22)35-2)9-12-27-25(32)18-10-13-30(14-11-18)24(31)16-21-19-5-3-4-6-20(19)26(33)29-28-21/h3-8,15,18H,9-14,16H2,1-2H3,(H,27,32)(H,29,33). The van der Waals surface area contributed by atoms with Crippen LogP contribution in [-0.2, 0) is 22.4 Å². The van der Waals surface area contributed by atoms with E-state index >= 15 is 0 Å². The molecule has 35 heavy (non-hydrogen) atoms. The van der Waals surface area contributed by atoms with Crippen LogP contribution in [-0.4, -0.2) is 60.8 Å². The van der Waals surface area contributed by atoms with Crippen LogP contribution in [0.4, 0.5) is 0 Å². The monoisotopic (exact) mass is 478 g/mol. The zero-order chi connectivity index (χ0) is 24.8. The maximum atomic E-state index is 12.9.